The summed E-state index contributed by atoms with van der Waals surface area (Å²) >= 11 is 0. The highest BCUT2D eigenvalue weighted by atomic mass is 16.2. The van der Waals surface area contributed by atoms with E-state index in [4.69, 9.17) is 0 Å². The van der Waals surface area contributed by atoms with Crippen LogP contribution in [0.15, 0.2) is 12.2 Å². The molecule has 1 saturated heterocycles. The number of hydrogen-bond donors (Lipinski definition) is 1. The number of rotatable bonds is 5. The maximum Gasteiger partial charge on any atom is 0.224 e. The van der Waals surface area contributed by atoms with Crippen molar-refractivity contribution in [3.63, 3.8) is 0 Å². The molecule has 4 nitrogen and oxygen atoms in total. The number of ketones is 1. The minimum atomic E-state index is -0.124. The summed E-state index contributed by atoms with van der Waals surface area (Å²) in [5.74, 6) is 0.619. The van der Waals surface area contributed by atoms with Gasteiger partial charge in [0.25, 0.3) is 0 Å². The third kappa shape index (κ3) is 2.53. The third-order valence-corrected chi connectivity index (χ3v) is 5.16. The molecule has 1 amide bonds. The first-order valence-electron chi connectivity index (χ1n) is 7.85. The van der Waals surface area contributed by atoms with Crippen molar-refractivity contribution >= 4 is 11.7 Å². The summed E-state index contributed by atoms with van der Waals surface area (Å²) in [5, 5.41) is 3.05. The van der Waals surface area contributed by atoms with Crippen molar-refractivity contribution in [1.82, 2.24) is 10.2 Å². The highest BCUT2D eigenvalue weighted by molar-refractivity contribution is 5.89. The first-order valence-corrected chi connectivity index (χ1v) is 7.85. The van der Waals surface area contributed by atoms with Gasteiger partial charge >= 0.3 is 0 Å². The van der Waals surface area contributed by atoms with Crippen LogP contribution in [0, 0.1) is 23.7 Å². The van der Waals surface area contributed by atoms with E-state index in [1.54, 1.807) is 6.92 Å². The maximum absolute atomic E-state index is 12.4. The molecule has 0 aromatic carbocycles. The smallest absolute Gasteiger partial charge is 0.224 e. The minimum Gasteiger partial charge on any atom is -0.355 e. The van der Waals surface area contributed by atoms with Gasteiger partial charge in [-0.25, -0.2) is 0 Å². The molecule has 4 atom stereocenters. The molecule has 2 bridgehead atoms. The van der Waals surface area contributed by atoms with E-state index < -0.39 is 0 Å². The highest BCUT2D eigenvalue weighted by Crippen LogP contribution is 2.48. The first-order chi connectivity index (χ1) is 9.66. The molecule has 1 heterocycles. The number of fused-ring (bicyclic) bond motifs is 2. The minimum absolute atomic E-state index is 0.0845. The van der Waals surface area contributed by atoms with E-state index >= 15 is 0 Å². The number of amides is 1. The van der Waals surface area contributed by atoms with E-state index in [2.05, 4.69) is 22.4 Å². The van der Waals surface area contributed by atoms with Crippen molar-refractivity contribution in [2.75, 3.05) is 26.2 Å². The van der Waals surface area contributed by atoms with Crippen molar-refractivity contribution in [1.29, 1.82) is 0 Å². The zero-order chi connectivity index (χ0) is 14.1. The number of nitrogens with zero attached hydrogens (tertiary/aromatic N) is 1. The molecule has 3 aliphatic rings. The van der Waals surface area contributed by atoms with E-state index in [0.717, 1.165) is 26.1 Å². The van der Waals surface area contributed by atoms with E-state index in [1.807, 2.05) is 0 Å². The molecular formula is C16H24N2O2. The fourth-order valence-corrected chi connectivity index (χ4v) is 4.20. The lowest BCUT2D eigenvalue weighted by Crippen LogP contribution is -2.42. The van der Waals surface area contributed by atoms with Gasteiger partial charge in [-0.15, -0.1) is 0 Å². The second-order valence-corrected chi connectivity index (χ2v) is 6.45. The lowest BCUT2D eigenvalue weighted by Gasteiger charge is -2.25. The topological polar surface area (TPSA) is 49.4 Å². The summed E-state index contributed by atoms with van der Waals surface area (Å²) < 4.78 is 0. The molecule has 4 heteroatoms. The van der Waals surface area contributed by atoms with Gasteiger partial charge in [-0.2, -0.15) is 0 Å². The van der Waals surface area contributed by atoms with Crippen LogP contribution in [0.5, 0.6) is 0 Å². The van der Waals surface area contributed by atoms with E-state index in [0.29, 0.717) is 12.5 Å². The van der Waals surface area contributed by atoms with Gasteiger partial charge in [0.15, 0.2) is 0 Å². The monoisotopic (exact) mass is 276 g/mol. The van der Waals surface area contributed by atoms with Crippen molar-refractivity contribution in [2.24, 2.45) is 23.7 Å². The molecule has 1 saturated carbocycles. The Morgan fingerprint density at radius 3 is 2.45 bits per heavy atom. The second-order valence-electron chi connectivity index (χ2n) is 6.45. The number of likely N-dealkylation sites (tertiary alicyclic amines) is 1. The number of nitrogens with one attached hydrogen (secondary N) is 1. The van der Waals surface area contributed by atoms with Crippen molar-refractivity contribution in [3.8, 4) is 0 Å². The molecule has 0 radical (unpaired) electrons. The summed E-state index contributed by atoms with van der Waals surface area (Å²) in [6.45, 7) is 5.59. The van der Waals surface area contributed by atoms with Crippen molar-refractivity contribution in [2.45, 2.75) is 26.2 Å². The largest absolute Gasteiger partial charge is 0.355 e. The maximum atomic E-state index is 12.4. The van der Waals surface area contributed by atoms with Crippen LogP contribution in [0.2, 0.25) is 0 Å². The molecule has 0 aromatic heterocycles. The standard InChI is InChI=1S/C16H24N2O2/c1-11(19)14-12-4-5-13(10-12)15(14)16(20)17-6-9-18-7-2-3-8-18/h4-5,12-15H,2-3,6-10H2,1H3,(H,17,20). The van der Waals surface area contributed by atoms with Gasteiger partial charge in [0.2, 0.25) is 5.91 Å². The summed E-state index contributed by atoms with van der Waals surface area (Å²) in [7, 11) is 0. The Hall–Kier alpha value is -1.16. The van der Waals surface area contributed by atoms with Crippen LogP contribution in [0.1, 0.15) is 26.2 Å². The van der Waals surface area contributed by atoms with Gasteiger partial charge in [0.05, 0.1) is 5.92 Å². The predicted octanol–water partition coefficient (Wildman–Crippen LogP) is 1.23. The number of allylic oxidation sites excluding steroid dienone is 2. The van der Waals surface area contributed by atoms with Gasteiger partial charge in [-0.05, 0) is 51.1 Å². The molecule has 0 aromatic rings. The number of carbonyl (C=O) groups excluding carboxylic acids is 2. The Morgan fingerprint density at radius 1 is 1.15 bits per heavy atom. The van der Waals surface area contributed by atoms with Crippen LogP contribution in [0.25, 0.3) is 0 Å². The predicted molar refractivity (Wildman–Crippen MR) is 77.1 cm³/mol. The molecule has 2 aliphatic carbocycles. The van der Waals surface area contributed by atoms with Crippen molar-refractivity contribution < 1.29 is 9.59 Å². The number of carbonyl (C=O) groups is 2. The van der Waals surface area contributed by atoms with Crippen LogP contribution in [-0.4, -0.2) is 42.8 Å². The molecule has 1 N–H and O–H groups in total. The first kappa shape index (κ1) is 13.8. The molecule has 110 valence electrons. The zero-order valence-corrected chi connectivity index (χ0v) is 12.2. The van der Waals surface area contributed by atoms with Gasteiger partial charge in [0.1, 0.15) is 5.78 Å². The van der Waals surface area contributed by atoms with Crippen molar-refractivity contribution in [3.05, 3.63) is 12.2 Å². The number of Topliss-reactive ketones (excluding diaryl/α,β-unsaturated/α-hetero) is 1. The summed E-state index contributed by atoms with van der Waals surface area (Å²) in [5.41, 5.74) is 0. The SMILES string of the molecule is CC(=O)C1C2C=CC(C2)C1C(=O)NCCN1CCCC1. The van der Waals surface area contributed by atoms with Crippen LogP contribution in [0.4, 0.5) is 0 Å². The average molecular weight is 276 g/mol. The van der Waals surface area contributed by atoms with Crippen LogP contribution in [0.3, 0.4) is 0 Å². The van der Waals surface area contributed by atoms with Gasteiger partial charge in [-0.1, -0.05) is 12.2 Å². The summed E-state index contributed by atoms with van der Waals surface area (Å²) in [6.07, 6.45) is 7.79. The summed E-state index contributed by atoms with van der Waals surface area (Å²) in [4.78, 5) is 26.6. The zero-order valence-electron chi connectivity index (χ0n) is 12.2. The Labute approximate surface area is 120 Å². The average Bonchev–Trinajstić information content (AvgIpc) is 3.13. The Morgan fingerprint density at radius 2 is 1.80 bits per heavy atom. The molecule has 0 spiro atoms. The molecule has 3 rings (SSSR count). The quantitative estimate of drug-likeness (QED) is 0.768. The normalized spacial score (nSPS) is 35.6. The Bertz CT molecular complexity index is 426. The summed E-state index contributed by atoms with van der Waals surface area (Å²) in [6, 6.07) is 0. The molecule has 20 heavy (non-hydrogen) atoms. The van der Waals surface area contributed by atoms with Gasteiger partial charge in [-0.3, -0.25) is 9.59 Å². The lowest BCUT2D eigenvalue weighted by molar-refractivity contribution is -0.133. The van der Waals surface area contributed by atoms with E-state index in [9.17, 15) is 9.59 Å². The molecular weight excluding hydrogens is 252 g/mol. The van der Waals surface area contributed by atoms with Crippen LogP contribution in [-0.2, 0) is 9.59 Å². The van der Waals surface area contributed by atoms with E-state index in [1.165, 1.54) is 12.8 Å². The van der Waals surface area contributed by atoms with Gasteiger partial charge < -0.3 is 10.2 Å². The number of hydrogen-bond acceptors (Lipinski definition) is 3. The van der Waals surface area contributed by atoms with Gasteiger partial charge in [0, 0.05) is 19.0 Å². The highest BCUT2D eigenvalue weighted by Gasteiger charge is 2.49. The fraction of sp³-hybridized carbons (Fsp3) is 0.750. The van der Waals surface area contributed by atoms with E-state index in [-0.39, 0.29) is 29.4 Å². The van der Waals surface area contributed by atoms with Crippen LogP contribution >= 0.6 is 0 Å². The molecule has 4 unspecified atom stereocenters. The second kappa shape index (κ2) is 5.68. The van der Waals surface area contributed by atoms with Crippen LogP contribution < -0.4 is 5.32 Å². The lowest BCUT2D eigenvalue weighted by atomic mass is 9.80. The fourth-order valence-electron chi connectivity index (χ4n) is 4.20. The Kier molecular flexibility index (Phi) is 3.92. The molecule has 2 fully saturated rings. The third-order valence-electron chi connectivity index (χ3n) is 5.16. The molecule has 1 aliphatic heterocycles. The Balaban J connectivity index is 1.53.